The summed E-state index contributed by atoms with van der Waals surface area (Å²) in [6.07, 6.45) is 3.03. The number of nitrogens with zero attached hydrogens (tertiary/aromatic N) is 1. The maximum absolute atomic E-state index is 12.3. The lowest BCUT2D eigenvalue weighted by atomic mass is 10.0. The largest absolute Gasteiger partial charge is 0.341 e. The number of nitrogens with one attached hydrogen (secondary N) is 1. The number of rotatable bonds is 5. The van der Waals surface area contributed by atoms with Crippen LogP contribution in [0.15, 0.2) is 18.2 Å². The second-order valence-corrected chi connectivity index (χ2v) is 7.93. The van der Waals surface area contributed by atoms with E-state index in [0.29, 0.717) is 25.9 Å². The highest BCUT2D eigenvalue weighted by atomic mass is 32.2. The quantitative estimate of drug-likeness (QED) is 0.890. The minimum Gasteiger partial charge on any atom is -0.341 e. The molecule has 2 rings (SSSR count). The second kappa shape index (κ2) is 6.79. The minimum atomic E-state index is -3.21. The molecule has 0 aromatic heterocycles. The lowest BCUT2D eigenvalue weighted by Crippen LogP contribution is -2.37. The Bertz CT molecular complexity index is 655. The van der Waals surface area contributed by atoms with E-state index in [9.17, 15) is 13.2 Å². The van der Waals surface area contributed by atoms with Gasteiger partial charge in [0.15, 0.2) is 0 Å². The molecular formula is C16H24N2O3S. The minimum absolute atomic E-state index is 0.0952. The van der Waals surface area contributed by atoms with E-state index >= 15 is 0 Å². The van der Waals surface area contributed by atoms with Crippen molar-refractivity contribution in [3.05, 3.63) is 34.9 Å². The third-order valence-electron chi connectivity index (χ3n) is 4.03. The van der Waals surface area contributed by atoms with Crippen molar-refractivity contribution in [1.29, 1.82) is 0 Å². The Hall–Kier alpha value is -1.40. The summed E-state index contributed by atoms with van der Waals surface area (Å²) in [5, 5.41) is 0. The molecule has 1 heterocycles. The van der Waals surface area contributed by atoms with E-state index < -0.39 is 10.0 Å². The van der Waals surface area contributed by atoms with Gasteiger partial charge in [0, 0.05) is 25.6 Å². The number of hydrogen-bond acceptors (Lipinski definition) is 3. The van der Waals surface area contributed by atoms with Gasteiger partial charge in [-0.1, -0.05) is 23.8 Å². The van der Waals surface area contributed by atoms with E-state index in [2.05, 4.69) is 36.8 Å². The number of likely N-dealkylation sites (tertiary alicyclic amines) is 1. The summed E-state index contributed by atoms with van der Waals surface area (Å²) in [6, 6.07) is 6.12. The van der Waals surface area contributed by atoms with Crippen molar-refractivity contribution in [3.8, 4) is 0 Å². The molecule has 1 amide bonds. The van der Waals surface area contributed by atoms with Gasteiger partial charge in [-0.3, -0.25) is 4.79 Å². The third kappa shape index (κ3) is 4.81. The molecule has 1 saturated heterocycles. The Kier molecular flexibility index (Phi) is 5.24. The van der Waals surface area contributed by atoms with Crippen molar-refractivity contribution in [1.82, 2.24) is 9.62 Å². The normalized spacial score (nSPS) is 18.7. The molecule has 0 bridgehead atoms. The highest BCUT2D eigenvalue weighted by molar-refractivity contribution is 7.88. The van der Waals surface area contributed by atoms with Crippen LogP contribution < -0.4 is 4.72 Å². The van der Waals surface area contributed by atoms with Crippen LogP contribution in [-0.2, 0) is 21.2 Å². The van der Waals surface area contributed by atoms with Gasteiger partial charge in [-0.25, -0.2) is 13.1 Å². The maximum atomic E-state index is 12.3. The predicted molar refractivity (Wildman–Crippen MR) is 87.2 cm³/mol. The molecule has 1 aromatic carbocycles. The smallest absolute Gasteiger partial charge is 0.222 e. The number of hydrogen-bond donors (Lipinski definition) is 1. The Morgan fingerprint density at radius 2 is 2.09 bits per heavy atom. The average Bonchev–Trinajstić information content (AvgIpc) is 2.83. The number of amides is 1. The van der Waals surface area contributed by atoms with Crippen molar-refractivity contribution in [2.45, 2.75) is 39.2 Å². The predicted octanol–water partition coefficient (Wildman–Crippen LogP) is 1.39. The molecule has 1 aromatic rings. The molecule has 122 valence electrons. The first-order chi connectivity index (χ1) is 10.2. The van der Waals surface area contributed by atoms with Gasteiger partial charge < -0.3 is 4.90 Å². The van der Waals surface area contributed by atoms with Crippen LogP contribution in [0.2, 0.25) is 0 Å². The first-order valence-corrected chi connectivity index (χ1v) is 9.45. The fourth-order valence-corrected chi connectivity index (χ4v) is 3.71. The summed E-state index contributed by atoms with van der Waals surface area (Å²) in [5.74, 6) is 0.0952. The Balaban J connectivity index is 1.86. The van der Waals surface area contributed by atoms with Gasteiger partial charge in [0.25, 0.3) is 0 Å². The Morgan fingerprint density at radius 1 is 1.36 bits per heavy atom. The molecule has 1 fully saturated rings. The van der Waals surface area contributed by atoms with Crippen LogP contribution in [-0.4, -0.2) is 44.6 Å². The molecule has 22 heavy (non-hydrogen) atoms. The van der Waals surface area contributed by atoms with Crippen LogP contribution in [0, 0.1) is 13.8 Å². The summed E-state index contributed by atoms with van der Waals surface area (Å²) in [5.41, 5.74) is 3.64. The average molecular weight is 324 g/mol. The van der Waals surface area contributed by atoms with Crippen LogP contribution in [0.3, 0.4) is 0 Å². The summed E-state index contributed by atoms with van der Waals surface area (Å²) in [6.45, 7) is 5.22. The molecule has 0 spiro atoms. The summed E-state index contributed by atoms with van der Waals surface area (Å²) < 4.78 is 25.0. The molecule has 0 unspecified atom stereocenters. The van der Waals surface area contributed by atoms with E-state index in [1.165, 1.54) is 16.7 Å². The van der Waals surface area contributed by atoms with E-state index in [1.807, 2.05) is 0 Å². The SMILES string of the molecule is Cc1ccc(CCC(=O)N2CC[C@H](NS(C)(=O)=O)C2)c(C)c1. The van der Waals surface area contributed by atoms with Crippen molar-refractivity contribution in [2.24, 2.45) is 0 Å². The molecular weight excluding hydrogens is 300 g/mol. The summed E-state index contributed by atoms with van der Waals surface area (Å²) >= 11 is 0. The molecule has 6 heteroatoms. The van der Waals surface area contributed by atoms with Crippen molar-refractivity contribution in [3.63, 3.8) is 0 Å². The Morgan fingerprint density at radius 3 is 2.73 bits per heavy atom. The summed E-state index contributed by atoms with van der Waals surface area (Å²) in [7, 11) is -3.21. The van der Waals surface area contributed by atoms with Gasteiger partial charge in [-0.05, 0) is 37.8 Å². The highest BCUT2D eigenvalue weighted by Gasteiger charge is 2.27. The number of carbonyl (C=O) groups is 1. The lowest BCUT2D eigenvalue weighted by molar-refractivity contribution is -0.130. The van der Waals surface area contributed by atoms with Crippen molar-refractivity contribution < 1.29 is 13.2 Å². The molecule has 1 aliphatic rings. The molecule has 0 radical (unpaired) electrons. The van der Waals surface area contributed by atoms with Gasteiger partial charge >= 0.3 is 0 Å². The van der Waals surface area contributed by atoms with Gasteiger partial charge in [-0.15, -0.1) is 0 Å². The fourth-order valence-electron chi connectivity index (χ4n) is 2.91. The molecule has 1 atom stereocenters. The molecule has 0 aliphatic carbocycles. The zero-order valence-electron chi connectivity index (χ0n) is 13.4. The molecule has 1 N–H and O–H groups in total. The number of sulfonamides is 1. The topological polar surface area (TPSA) is 66.5 Å². The molecule has 0 saturated carbocycles. The van der Waals surface area contributed by atoms with Gasteiger partial charge in [0.2, 0.25) is 15.9 Å². The molecule has 5 nitrogen and oxygen atoms in total. The van der Waals surface area contributed by atoms with E-state index in [0.717, 1.165) is 12.7 Å². The van der Waals surface area contributed by atoms with E-state index in [-0.39, 0.29) is 11.9 Å². The first-order valence-electron chi connectivity index (χ1n) is 7.56. The van der Waals surface area contributed by atoms with Gasteiger partial charge in [0.05, 0.1) is 6.26 Å². The standard InChI is InChI=1S/C16H24N2O3S/c1-12-4-5-14(13(2)10-12)6-7-16(19)18-9-8-15(11-18)17-22(3,20)21/h4-5,10,15,17H,6-9,11H2,1-3H3/t15-/m0/s1. The first kappa shape index (κ1) is 17.0. The maximum Gasteiger partial charge on any atom is 0.222 e. The lowest BCUT2D eigenvalue weighted by Gasteiger charge is -2.17. The monoisotopic (exact) mass is 324 g/mol. The Labute approximate surface area is 132 Å². The highest BCUT2D eigenvalue weighted by Crippen LogP contribution is 2.15. The second-order valence-electron chi connectivity index (χ2n) is 6.15. The van der Waals surface area contributed by atoms with E-state index in [1.54, 1.807) is 4.90 Å². The van der Waals surface area contributed by atoms with E-state index in [4.69, 9.17) is 0 Å². The number of benzene rings is 1. The molecule has 1 aliphatic heterocycles. The van der Waals surface area contributed by atoms with Crippen molar-refractivity contribution in [2.75, 3.05) is 19.3 Å². The number of carbonyl (C=O) groups excluding carboxylic acids is 1. The van der Waals surface area contributed by atoms with Crippen molar-refractivity contribution >= 4 is 15.9 Å². The van der Waals surface area contributed by atoms with Crippen LogP contribution >= 0.6 is 0 Å². The van der Waals surface area contributed by atoms with Gasteiger partial charge in [-0.2, -0.15) is 0 Å². The van der Waals surface area contributed by atoms with Gasteiger partial charge in [0.1, 0.15) is 0 Å². The van der Waals surface area contributed by atoms with Crippen LogP contribution in [0.5, 0.6) is 0 Å². The van der Waals surface area contributed by atoms with Crippen LogP contribution in [0.4, 0.5) is 0 Å². The zero-order valence-corrected chi connectivity index (χ0v) is 14.2. The van der Waals surface area contributed by atoms with Crippen LogP contribution in [0.1, 0.15) is 29.5 Å². The number of aryl methyl sites for hydroxylation is 3. The van der Waals surface area contributed by atoms with Crippen LogP contribution in [0.25, 0.3) is 0 Å². The zero-order chi connectivity index (χ0) is 16.3. The third-order valence-corrected chi connectivity index (χ3v) is 4.79. The fraction of sp³-hybridized carbons (Fsp3) is 0.562. The summed E-state index contributed by atoms with van der Waals surface area (Å²) in [4.78, 5) is 14.0.